The second-order valence-electron chi connectivity index (χ2n) is 4.57. The van der Waals surface area contributed by atoms with Crippen LogP contribution in [0.15, 0.2) is 0 Å². The zero-order chi connectivity index (χ0) is 13.9. The molecule has 0 saturated heterocycles. The molecule has 0 aliphatic heterocycles. The Bertz CT molecular complexity index is 217. The van der Waals surface area contributed by atoms with E-state index in [-0.39, 0.29) is 18.6 Å². The summed E-state index contributed by atoms with van der Waals surface area (Å²) in [5.41, 5.74) is 0. The van der Waals surface area contributed by atoms with Crippen LogP contribution < -0.4 is 0 Å². The first-order valence-corrected chi connectivity index (χ1v) is 7.72. The molecule has 5 heteroatoms. The summed E-state index contributed by atoms with van der Waals surface area (Å²) in [6, 6.07) is 0. The maximum absolute atomic E-state index is 11.8. The smallest absolute Gasteiger partial charge is 0.300 e. The molecule has 108 valence electrons. The zero-order valence-electron chi connectivity index (χ0n) is 10.7. The molecule has 0 N–H and O–H groups in total. The van der Waals surface area contributed by atoms with E-state index in [9.17, 15) is 18.0 Å². The molecule has 0 fully saturated rings. The number of unbranched alkanes of at least 4 members (excludes halogenated alkanes) is 5. The van der Waals surface area contributed by atoms with Gasteiger partial charge in [-0.1, -0.05) is 41.6 Å². The van der Waals surface area contributed by atoms with Crippen molar-refractivity contribution in [3.63, 3.8) is 0 Å². The molecule has 18 heavy (non-hydrogen) atoms. The van der Waals surface area contributed by atoms with E-state index in [1.165, 1.54) is 19.3 Å². The Morgan fingerprint density at radius 3 is 1.89 bits per heavy atom. The predicted molar refractivity (Wildman–Crippen MR) is 71.0 cm³/mol. The van der Waals surface area contributed by atoms with Crippen molar-refractivity contribution in [2.45, 2.75) is 70.4 Å². The molecule has 0 unspecified atom stereocenters. The molecule has 0 amide bonds. The number of halogens is 4. The summed E-state index contributed by atoms with van der Waals surface area (Å²) in [7, 11) is 0. The standard InChI is InChI=1S/C13H22BrF3O/c14-11-6-4-2-1-3-5-8-12(18)9-7-10-13(15,16)17/h1-11H2. The second kappa shape index (κ2) is 10.8. The van der Waals surface area contributed by atoms with E-state index < -0.39 is 12.6 Å². The molecule has 0 spiro atoms. The van der Waals surface area contributed by atoms with Crippen LogP contribution in [-0.4, -0.2) is 17.3 Å². The third-order valence-corrected chi connectivity index (χ3v) is 3.32. The molecule has 0 bridgehead atoms. The number of carbonyl (C=O) groups is 1. The quantitative estimate of drug-likeness (QED) is 0.365. The van der Waals surface area contributed by atoms with E-state index >= 15 is 0 Å². The highest BCUT2D eigenvalue weighted by molar-refractivity contribution is 9.09. The Kier molecular flexibility index (Phi) is 10.8. The van der Waals surface area contributed by atoms with E-state index in [1.807, 2.05) is 0 Å². The van der Waals surface area contributed by atoms with E-state index in [0.717, 1.165) is 24.6 Å². The average Bonchev–Trinajstić information content (AvgIpc) is 2.26. The molecule has 0 radical (unpaired) electrons. The maximum atomic E-state index is 11.8. The van der Waals surface area contributed by atoms with Gasteiger partial charge in [-0.25, -0.2) is 0 Å². The molecule has 0 rings (SSSR count). The Morgan fingerprint density at radius 2 is 1.33 bits per heavy atom. The molecule has 1 nitrogen and oxygen atoms in total. The van der Waals surface area contributed by atoms with Gasteiger partial charge in [0.05, 0.1) is 0 Å². The molecule has 0 aromatic rings. The topological polar surface area (TPSA) is 17.1 Å². The SMILES string of the molecule is O=C(CCCCCCCCBr)CCCC(F)(F)F. The van der Waals surface area contributed by atoms with Crippen LogP contribution in [0, 0.1) is 0 Å². The Balaban J connectivity index is 3.27. The number of carbonyl (C=O) groups excluding carboxylic acids is 1. The number of Topliss-reactive ketones (excluding diaryl/α,β-unsaturated/α-hetero) is 1. The second-order valence-corrected chi connectivity index (χ2v) is 5.36. The lowest BCUT2D eigenvalue weighted by Crippen LogP contribution is -2.08. The average molecular weight is 331 g/mol. The maximum Gasteiger partial charge on any atom is 0.389 e. The summed E-state index contributed by atoms with van der Waals surface area (Å²) in [5.74, 6) is -0.0280. The lowest BCUT2D eigenvalue weighted by molar-refractivity contribution is -0.137. The van der Waals surface area contributed by atoms with Crippen molar-refractivity contribution >= 4 is 21.7 Å². The molecule has 0 aromatic heterocycles. The van der Waals surface area contributed by atoms with E-state index in [1.54, 1.807) is 0 Å². The van der Waals surface area contributed by atoms with Gasteiger partial charge in [0, 0.05) is 24.6 Å². The summed E-state index contributed by atoms with van der Waals surface area (Å²) in [6.45, 7) is 0. The van der Waals surface area contributed by atoms with E-state index in [0.29, 0.717) is 6.42 Å². The van der Waals surface area contributed by atoms with Crippen molar-refractivity contribution in [3.8, 4) is 0 Å². The minimum atomic E-state index is -4.13. The van der Waals surface area contributed by atoms with Crippen molar-refractivity contribution in [2.24, 2.45) is 0 Å². The first-order valence-electron chi connectivity index (χ1n) is 6.60. The van der Waals surface area contributed by atoms with Gasteiger partial charge in [-0.05, 0) is 19.3 Å². The lowest BCUT2D eigenvalue weighted by Gasteiger charge is -2.05. The van der Waals surface area contributed by atoms with Crippen molar-refractivity contribution in [3.05, 3.63) is 0 Å². The molecular weight excluding hydrogens is 309 g/mol. The first-order chi connectivity index (χ1) is 8.45. The molecule has 0 aliphatic rings. The van der Waals surface area contributed by atoms with Crippen LogP contribution in [0.3, 0.4) is 0 Å². The van der Waals surface area contributed by atoms with Crippen LogP contribution in [-0.2, 0) is 4.79 Å². The molecular formula is C13H22BrF3O. The summed E-state index contributed by atoms with van der Waals surface area (Å²) in [4.78, 5) is 11.3. The minimum Gasteiger partial charge on any atom is -0.300 e. The summed E-state index contributed by atoms with van der Waals surface area (Å²) < 4.78 is 35.5. The highest BCUT2D eigenvalue weighted by Crippen LogP contribution is 2.22. The number of ketones is 1. The van der Waals surface area contributed by atoms with Gasteiger partial charge in [-0.3, -0.25) is 4.79 Å². The highest BCUT2D eigenvalue weighted by Gasteiger charge is 2.26. The van der Waals surface area contributed by atoms with Gasteiger partial charge in [0.2, 0.25) is 0 Å². The van der Waals surface area contributed by atoms with E-state index in [4.69, 9.17) is 0 Å². The third kappa shape index (κ3) is 14.0. The van der Waals surface area contributed by atoms with Crippen LogP contribution >= 0.6 is 15.9 Å². The van der Waals surface area contributed by atoms with Crippen LogP contribution in [0.5, 0.6) is 0 Å². The molecule has 0 aromatic carbocycles. The van der Waals surface area contributed by atoms with Gasteiger partial charge >= 0.3 is 6.18 Å². The molecule has 0 aliphatic carbocycles. The van der Waals surface area contributed by atoms with Gasteiger partial charge in [-0.15, -0.1) is 0 Å². The molecule has 0 heterocycles. The van der Waals surface area contributed by atoms with Crippen molar-refractivity contribution < 1.29 is 18.0 Å². The zero-order valence-corrected chi connectivity index (χ0v) is 12.3. The van der Waals surface area contributed by atoms with Gasteiger partial charge in [0.1, 0.15) is 5.78 Å². The Labute approximate surface area is 116 Å². The van der Waals surface area contributed by atoms with Gasteiger partial charge in [-0.2, -0.15) is 13.2 Å². The number of rotatable bonds is 11. The lowest BCUT2D eigenvalue weighted by atomic mass is 10.0. The Morgan fingerprint density at radius 1 is 0.833 bits per heavy atom. The third-order valence-electron chi connectivity index (χ3n) is 2.76. The normalized spacial score (nSPS) is 11.8. The predicted octanol–water partition coefficient (Wildman–Crippen LogP) is 5.41. The number of alkyl halides is 4. The van der Waals surface area contributed by atoms with Crippen LogP contribution in [0.25, 0.3) is 0 Å². The number of hydrogen-bond donors (Lipinski definition) is 0. The van der Waals surface area contributed by atoms with Crippen molar-refractivity contribution in [2.75, 3.05) is 5.33 Å². The van der Waals surface area contributed by atoms with Gasteiger partial charge in [0.25, 0.3) is 0 Å². The van der Waals surface area contributed by atoms with Crippen LogP contribution in [0.1, 0.15) is 64.2 Å². The molecule has 0 saturated carbocycles. The summed E-state index contributed by atoms with van der Waals surface area (Å²) in [6.07, 6.45) is 1.97. The fraction of sp³-hybridized carbons (Fsp3) is 0.923. The first kappa shape index (κ1) is 17.9. The summed E-state index contributed by atoms with van der Waals surface area (Å²) in [5, 5.41) is 1.03. The molecule has 0 atom stereocenters. The van der Waals surface area contributed by atoms with Gasteiger partial charge in [0.15, 0.2) is 0 Å². The van der Waals surface area contributed by atoms with Crippen LogP contribution in [0.2, 0.25) is 0 Å². The van der Waals surface area contributed by atoms with Crippen molar-refractivity contribution in [1.82, 2.24) is 0 Å². The number of hydrogen-bond acceptors (Lipinski definition) is 1. The highest BCUT2D eigenvalue weighted by atomic mass is 79.9. The largest absolute Gasteiger partial charge is 0.389 e. The van der Waals surface area contributed by atoms with Crippen molar-refractivity contribution in [1.29, 1.82) is 0 Å². The fourth-order valence-corrected chi connectivity index (χ4v) is 2.13. The van der Waals surface area contributed by atoms with Gasteiger partial charge < -0.3 is 0 Å². The summed E-state index contributed by atoms with van der Waals surface area (Å²) >= 11 is 3.36. The monoisotopic (exact) mass is 330 g/mol. The fourth-order valence-electron chi connectivity index (χ4n) is 1.73. The Hall–Kier alpha value is -0.0600. The van der Waals surface area contributed by atoms with E-state index in [2.05, 4.69) is 15.9 Å². The van der Waals surface area contributed by atoms with Crippen LogP contribution in [0.4, 0.5) is 13.2 Å². The minimum absolute atomic E-state index is 0.0280.